The van der Waals surface area contributed by atoms with Crippen molar-refractivity contribution in [3.8, 4) is 0 Å². The standard InChI is InChI=1S/C11H22O/c1-9(2)7-5-6-8-11(12)10(3)4/h10-12H,1,5-8H2,2-4H3. The van der Waals surface area contributed by atoms with E-state index in [1.54, 1.807) is 0 Å². The fourth-order valence-electron chi connectivity index (χ4n) is 1.11. The maximum absolute atomic E-state index is 9.47. The summed E-state index contributed by atoms with van der Waals surface area (Å²) in [5.41, 5.74) is 1.24. The molecular formula is C11H22O. The highest BCUT2D eigenvalue weighted by atomic mass is 16.3. The van der Waals surface area contributed by atoms with Crippen LogP contribution in [0.15, 0.2) is 12.2 Å². The predicted octanol–water partition coefficient (Wildman–Crippen LogP) is 3.14. The lowest BCUT2D eigenvalue weighted by molar-refractivity contribution is 0.113. The Morgan fingerprint density at radius 1 is 1.33 bits per heavy atom. The Labute approximate surface area is 76.5 Å². The molecule has 0 saturated heterocycles. The molecule has 0 aliphatic carbocycles. The van der Waals surface area contributed by atoms with Crippen LogP contribution in [0.5, 0.6) is 0 Å². The Kier molecular flexibility index (Phi) is 6.09. The van der Waals surface area contributed by atoms with Crippen molar-refractivity contribution in [3.05, 3.63) is 12.2 Å². The number of hydrogen-bond acceptors (Lipinski definition) is 1. The molecule has 1 unspecified atom stereocenters. The summed E-state index contributed by atoms with van der Waals surface area (Å²) >= 11 is 0. The molecule has 0 amide bonds. The average Bonchev–Trinajstić information content (AvgIpc) is 1.97. The summed E-state index contributed by atoms with van der Waals surface area (Å²) in [6.07, 6.45) is 4.20. The Morgan fingerprint density at radius 3 is 2.33 bits per heavy atom. The van der Waals surface area contributed by atoms with Crippen LogP contribution in [-0.2, 0) is 0 Å². The van der Waals surface area contributed by atoms with Gasteiger partial charge in [0, 0.05) is 0 Å². The molecule has 1 heteroatoms. The van der Waals surface area contributed by atoms with Crippen molar-refractivity contribution in [2.45, 2.75) is 52.6 Å². The molecule has 0 saturated carbocycles. The minimum atomic E-state index is -0.116. The lowest BCUT2D eigenvalue weighted by Crippen LogP contribution is -2.13. The number of allylic oxidation sites excluding steroid dienone is 1. The van der Waals surface area contributed by atoms with Crippen LogP contribution in [0, 0.1) is 5.92 Å². The van der Waals surface area contributed by atoms with Crippen LogP contribution in [0.2, 0.25) is 0 Å². The zero-order valence-corrected chi connectivity index (χ0v) is 8.64. The number of rotatable bonds is 6. The molecule has 1 atom stereocenters. The molecule has 0 radical (unpaired) electrons. The first-order valence-electron chi connectivity index (χ1n) is 4.86. The van der Waals surface area contributed by atoms with Crippen LogP contribution in [0.4, 0.5) is 0 Å². The quantitative estimate of drug-likeness (QED) is 0.479. The summed E-state index contributed by atoms with van der Waals surface area (Å²) in [6, 6.07) is 0. The maximum atomic E-state index is 9.47. The van der Waals surface area contributed by atoms with Crippen molar-refractivity contribution in [3.63, 3.8) is 0 Å². The third-order valence-corrected chi connectivity index (χ3v) is 2.12. The van der Waals surface area contributed by atoms with Gasteiger partial charge in [-0.15, -0.1) is 6.58 Å². The van der Waals surface area contributed by atoms with E-state index in [4.69, 9.17) is 0 Å². The Bertz CT molecular complexity index is 127. The molecule has 0 spiro atoms. The Hall–Kier alpha value is -0.300. The highest BCUT2D eigenvalue weighted by Gasteiger charge is 2.07. The zero-order chi connectivity index (χ0) is 9.56. The SMILES string of the molecule is C=C(C)CCCCC(O)C(C)C. The van der Waals surface area contributed by atoms with Gasteiger partial charge in [-0.1, -0.05) is 25.8 Å². The molecule has 12 heavy (non-hydrogen) atoms. The normalized spacial score (nSPS) is 13.4. The highest BCUT2D eigenvalue weighted by molar-refractivity contribution is 4.87. The molecule has 1 nitrogen and oxygen atoms in total. The average molecular weight is 170 g/mol. The first-order chi connectivity index (χ1) is 5.54. The van der Waals surface area contributed by atoms with E-state index in [0.717, 1.165) is 19.3 Å². The predicted molar refractivity (Wildman–Crippen MR) is 54.1 cm³/mol. The second-order valence-corrected chi connectivity index (χ2v) is 4.01. The number of aliphatic hydroxyl groups is 1. The second-order valence-electron chi connectivity index (χ2n) is 4.01. The summed E-state index contributed by atoms with van der Waals surface area (Å²) in [4.78, 5) is 0. The van der Waals surface area contributed by atoms with Crippen molar-refractivity contribution < 1.29 is 5.11 Å². The number of unbranched alkanes of at least 4 members (excludes halogenated alkanes) is 1. The fourth-order valence-corrected chi connectivity index (χ4v) is 1.11. The van der Waals surface area contributed by atoms with Gasteiger partial charge < -0.3 is 5.11 Å². The van der Waals surface area contributed by atoms with Crippen LogP contribution in [-0.4, -0.2) is 11.2 Å². The number of hydrogen-bond donors (Lipinski definition) is 1. The lowest BCUT2D eigenvalue weighted by Gasteiger charge is -2.13. The summed E-state index contributed by atoms with van der Waals surface area (Å²) in [6.45, 7) is 10.0. The van der Waals surface area contributed by atoms with E-state index < -0.39 is 0 Å². The summed E-state index contributed by atoms with van der Waals surface area (Å²) in [5, 5.41) is 9.47. The molecule has 0 bridgehead atoms. The molecule has 0 aromatic rings. The van der Waals surface area contributed by atoms with Crippen LogP contribution < -0.4 is 0 Å². The second kappa shape index (κ2) is 6.24. The van der Waals surface area contributed by atoms with Crippen molar-refractivity contribution in [2.75, 3.05) is 0 Å². The molecule has 0 aliphatic heterocycles. The van der Waals surface area contributed by atoms with Gasteiger partial charge in [0.15, 0.2) is 0 Å². The maximum Gasteiger partial charge on any atom is 0.0563 e. The molecule has 0 rings (SSSR count). The minimum Gasteiger partial charge on any atom is -0.393 e. The van der Waals surface area contributed by atoms with Crippen LogP contribution in [0.1, 0.15) is 46.5 Å². The fraction of sp³-hybridized carbons (Fsp3) is 0.818. The van der Waals surface area contributed by atoms with Gasteiger partial charge in [0.25, 0.3) is 0 Å². The molecule has 72 valence electrons. The molecule has 0 fully saturated rings. The van der Waals surface area contributed by atoms with Crippen molar-refractivity contribution in [1.29, 1.82) is 0 Å². The van der Waals surface area contributed by atoms with Crippen molar-refractivity contribution in [2.24, 2.45) is 5.92 Å². The van der Waals surface area contributed by atoms with E-state index in [0.29, 0.717) is 5.92 Å². The van der Waals surface area contributed by atoms with E-state index in [1.165, 1.54) is 12.0 Å². The van der Waals surface area contributed by atoms with E-state index in [1.807, 2.05) is 0 Å². The van der Waals surface area contributed by atoms with Gasteiger partial charge in [0.1, 0.15) is 0 Å². The van der Waals surface area contributed by atoms with Gasteiger partial charge in [0.05, 0.1) is 6.10 Å². The zero-order valence-electron chi connectivity index (χ0n) is 8.64. The topological polar surface area (TPSA) is 20.2 Å². The molecule has 0 aliphatic rings. The van der Waals surface area contributed by atoms with E-state index >= 15 is 0 Å². The van der Waals surface area contributed by atoms with Gasteiger partial charge in [-0.25, -0.2) is 0 Å². The van der Waals surface area contributed by atoms with Gasteiger partial charge in [-0.2, -0.15) is 0 Å². The summed E-state index contributed by atoms with van der Waals surface area (Å²) in [7, 11) is 0. The van der Waals surface area contributed by atoms with Crippen LogP contribution >= 0.6 is 0 Å². The molecular weight excluding hydrogens is 148 g/mol. The van der Waals surface area contributed by atoms with Crippen LogP contribution in [0.25, 0.3) is 0 Å². The van der Waals surface area contributed by atoms with Crippen LogP contribution in [0.3, 0.4) is 0 Å². The smallest absolute Gasteiger partial charge is 0.0563 e. The largest absolute Gasteiger partial charge is 0.393 e. The third-order valence-electron chi connectivity index (χ3n) is 2.12. The molecule has 0 aromatic carbocycles. The van der Waals surface area contributed by atoms with Crippen molar-refractivity contribution >= 4 is 0 Å². The third kappa shape index (κ3) is 6.41. The highest BCUT2D eigenvalue weighted by Crippen LogP contribution is 2.12. The summed E-state index contributed by atoms with van der Waals surface area (Å²) in [5.74, 6) is 0.398. The van der Waals surface area contributed by atoms with E-state index in [2.05, 4.69) is 27.4 Å². The van der Waals surface area contributed by atoms with Gasteiger partial charge in [-0.3, -0.25) is 0 Å². The first-order valence-corrected chi connectivity index (χ1v) is 4.86. The van der Waals surface area contributed by atoms with Gasteiger partial charge in [0.2, 0.25) is 0 Å². The molecule has 0 aromatic heterocycles. The van der Waals surface area contributed by atoms with Gasteiger partial charge in [-0.05, 0) is 32.1 Å². The van der Waals surface area contributed by atoms with E-state index in [9.17, 15) is 5.11 Å². The van der Waals surface area contributed by atoms with E-state index in [-0.39, 0.29) is 6.10 Å². The molecule has 1 N–H and O–H groups in total. The Balaban J connectivity index is 3.25. The minimum absolute atomic E-state index is 0.116. The molecule has 0 heterocycles. The van der Waals surface area contributed by atoms with Crippen molar-refractivity contribution in [1.82, 2.24) is 0 Å². The monoisotopic (exact) mass is 170 g/mol. The Morgan fingerprint density at radius 2 is 1.92 bits per heavy atom. The first kappa shape index (κ1) is 11.7. The van der Waals surface area contributed by atoms with Gasteiger partial charge >= 0.3 is 0 Å². The summed E-state index contributed by atoms with van der Waals surface area (Å²) < 4.78 is 0. The number of aliphatic hydroxyl groups excluding tert-OH is 1. The lowest BCUT2D eigenvalue weighted by atomic mass is 10.0.